The van der Waals surface area contributed by atoms with E-state index < -0.39 is 0 Å². The molecule has 0 aromatic carbocycles. The number of halogens is 2. The van der Waals surface area contributed by atoms with Crippen LogP contribution in [0.3, 0.4) is 0 Å². The van der Waals surface area contributed by atoms with Crippen LogP contribution in [0.5, 0.6) is 0 Å². The first-order valence-electron chi connectivity index (χ1n) is 17.4. The molecule has 0 radical (unpaired) electrons. The number of hydrogen-bond acceptors (Lipinski definition) is 0. The molecule has 0 N–H and O–H groups in total. The van der Waals surface area contributed by atoms with E-state index in [-0.39, 0.29) is 46.5 Å². The fraction of sp³-hybridized carbons (Fsp3) is 0.600. The van der Waals surface area contributed by atoms with Crippen LogP contribution in [0.4, 0.5) is 0 Å². The van der Waals surface area contributed by atoms with E-state index in [1.54, 1.807) is 69.0 Å². The standard InChI is InChI=1S/2C18H25.2C2H6Si.2ClH.2Zr/c2*1-5-15-16(14-11-9-10-12-14)13-18(7-3,8-4)17(15)6-2;2*1-3-2;;;;/h2*9-11H,5-8,12H2,1-4H3;2*1-2H3;2*1H;;/q2*-1;;;;;;/p-2. The van der Waals surface area contributed by atoms with Crippen molar-refractivity contribution < 1.29 is 71.5 Å². The maximum absolute atomic E-state index is 3.88. The zero-order valence-electron chi connectivity index (χ0n) is 31.3. The molecule has 0 atom stereocenters. The third kappa shape index (κ3) is 13.1. The molecule has 0 unspecified atom stereocenters. The molecule has 0 fully saturated rings. The summed E-state index contributed by atoms with van der Waals surface area (Å²) in [5.41, 5.74) is 13.1. The summed E-state index contributed by atoms with van der Waals surface area (Å²) in [4.78, 5) is 0. The molecular weight excluding hydrogens is 790 g/mol. The summed E-state index contributed by atoms with van der Waals surface area (Å²) in [6.07, 6.45) is 32.7. The van der Waals surface area contributed by atoms with E-state index in [2.05, 4.69) is 130 Å². The van der Waals surface area contributed by atoms with Gasteiger partial charge in [-0.3, -0.25) is 0 Å². The van der Waals surface area contributed by atoms with Gasteiger partial charge in [0.15, 0.2) is 0 Å². The van der Waals surface area contributed by atoms with Gasteiger partial charge in [-0.25, -0.2) is 0 Å². The maximum atomic E-state index is 3.88. The molecule has 0 amide bonds. The molecule has 256 valence electrons. The topological polar surface area (TPSA) is 0 Å². The minimum atomic E-state index is 0. The molecule has 0 aromatic heterocycles. The Morgan fingerprint density at radius 3 is 1.02 bits per heavy atom. The summed E-state index contributed by atoms with van der Waals surface area (Å²) in [6.45, 7) is 27.7. The van der Waals surface area contributed by atoms with Crippen LogP contribution >= 0.6 is 0 Å². The molecule has 0 nitrogen and oxygen atoms in total. The van der Waals surface area contributed by atoms with E-state index in [0.29, 0.717) is 0 Å². The Morgan fingerprint density at radius 2 is 0.848 bits per heavy atom. The monoisotopic (exact) mass is 848 g/mol. The molecule has 0 saturated heterocycles. The van der Waals surface area contributed by atoms with Gasteiger partial charge in [0.1, 0.15) is 0 Å². The third-order valence-electron chi connectivity index (χ3n) is 9.23. The van der Waals surface area contributed by atoms with E-state index in [1.807, 2.05) is 0 Å². The predicted octanol–water partition coefficient (Wildman–Crippen LogP) is 6.65. The van der Waals surface area contributed by atoms with Crippen LogP contribution in [-0.4, -0.2) is 10.9 Å². The Morgan fingerprint density at radius 1 is 0.565 bits per heavy atom. The van der Waals surface area contributed by atoms with Gasteiger partial charge < -0.3 is 24.8 Å². The van der Waals surface area contributed by atoms with Crippen molar-refractivity contribution in [2.24, 2.45) is 10.8 Å². The second-order valence-corrected chi connectivity index (χ2v) is 31.3. The van der Waals surface area contributed by atoms with Gasteiger partial charge in [0, 0.05) is 0 Å². The Hall–Kier alpha value is 0.700. The van der Waals surface area contributed by atoms with E-state index >= 15 is 0 Å². The molecule has 0 aliphatic heterocycles. The number of hydrogen-bond donors (Lipinski definition) is 0. The van der Waals surface area contributed by atoms with Crippen molar-refractivity contribution in [3.8, 4) is 0 Å². The summed E-state index contributed by atoms with van der Waals surface area (Å²) in [6, 6.07) is 0. The first-order chi connectivity index (χ1) is 20.9. The van der Waals surface area contributed by atoms with Crippen LogP contribution in [0.15, 0.2) is 81.0 Å². The Bertz CT molecular complexity index is 1160. The van der Waals surface area contributed by atoms with Gasteiger partial charge in [-0.2, -0.15) is 23.3 Å². The molecule has 4 aliphatic carbocycles. The molecule has 0 aromatic rings. The van der Waals surface area contributed by atoms with Crippen LogP contribution in [-0.2, 0) is 46.7 Å². The van der Waals surface area contributed by atoms with Gasteiger partial charge in [0.05, 0.1) is 0 Å². The largest absolute Gasteiger partial charge is 1.00 e. The normalized spacial score (nSPS) is 18.0. The Balaban J connectivity index is 0. The van der Waals surface area contributed by atoms with Crippen LogP contribution in [0.2, 0.25) is 26.2 Å². The van der Waals surface area contributed by atoms with Crippen LogP contribution in [0, 0.1) is 23.0 Å². The molecule has 0 spiro atoms. The van der Waals surface area contributed by atoms with Crippen molar-refractivity contribution in [2.45, 2.75) is 146 Å². The summed E-state index contributed by atoms with van der Waals surface area (Å²) in [7, 11) is 0. The Labute approximate surface area is 328 Å². The molecule has 0 bridgehead atoms. The van der Waals surface area contributed by atoms with Crippen molar-refractivity contribution in [3.63, 3.8) is 0 Å². The summed E-state index contributed by atoms with van der Waals surface area (Å²) >= 11 is 3.48. The zero-order valence-corrected chi connectivity index (χ0v) is 39.7. The van der Waals surface area contributed by atoms with E-state index in [4.69, 9.17) is 0 Å². The van der Waals surface area contributed by atoms with E-state index in [1.165, 1.54) is 60.8 Å². The van der Waals surface area contributed by atoms with E-state index in [0.717, 1.165) is 25.7 Å². The van der Waals surface area contributed by atoms with Gasteiger partial charge in [-0.1, -0.05) is 142 Å². The maximum Gasteiger partial charge on any atom is -1.00 e. The smallest absolute Gasteiger partial charge is 1.00 e. The number of allylic oxidation sites excluding steroid dienone is 16. The zero-order chi connectivity index (χ0) is 33.5. The van der Waals surface area contributed by atoms with E-state index in [9.17, 15) is 0 Å². The van der Waals surface area contributed by atoms with Crippen LogP contribution in [0.1, 0.15) is 120 Å². The number of rotatable bonds is 10. The molecule has 46 heavy (non-hydrogen) atoms. The molecule has 0 saturated carbocycles. The van der Waals surface area contributed by atoms with Crippen LogP contribution in [0.25, 0.3) is 0 Å². The average Bonchev–Trinajstić information content (AvgIpc) is 3.80. The average molecular weight is 852 g/mol. The van der Waals surface area contributed by atoms with Crippen molar-refractivity contribution in [2.75, 3.05) is 0 Å². The SMILES string of the molecule is CCC1=C(CC)C(CC)(CC)[C-]=C1C1=CC=CC1.CCC1=C(CC)C(CC)(CC)[C-]=C1C1=CC=CC1.C[Si](C)=[Zr].C[Si](C)=[Zr].[Cl-].[Cl-]. The molecule has 0 heterocycles. The molecule has 6 heteroatoms. The van der Waals surface area contributed by atoms with Gasteiger partial charge in [-0.05, 0) is 12.8 Å². The first-order valence-corrected chi connectivity index (χ1v) is 29.8. The molecule has 4 aliphatic rings. The predicted molar refractivity (Wildman–Crippen MR) is 193 cm³/mol. The third-order valence-corrected chi connectivity index (χ3v) is 9.23. The van der Waals surface area contributed by atoms with Gasteiger partial charge in [-0.15, -0.1) is 45.6 Å². The second-order valence-electron chi connectivity index (χ2n) is 12.6. The van der Waals surface area contributed by atoms with Crippen molar-refractivity contribution in [1.82, 2.24) is 0 Å². The first kappa shape index (κ1) is 48.8. The van der Waals surface area contributed by atoms with Gasteiger partial charge >= 0.3 is 83.7 Å². The summed E-state index contributed by atoms with van der Waals surface area (Å²) in [5, 5.41) is 0. The minimum absolute atomic E-state index is 0. The molecular formula is C40H62Cl2Si2Zr2-4. The summed E-state index contributed by atoms with van der Waals surface area (Å²) < 4.78 is 0. The van der Waals surface area contributed by atoms with Gasteiger partial charge in [0.25, 0.3) is 0 Å². The van der Waals surface area contributed by atoms with Crippen molar-refractivity contribution >= 4 is 10.9 Å². The van der Waals surface area contributed by atoms with Crippen LogP contribution < -0.4 is 24.8 Å². The fourth-order valence-corrected chi connectivity index (χ4v) is 7.06. The summed E-state index contributed by atoms with van der Waals surface area (Å²) in [5.74, 6) is 0. The Kier molecular flexibility index (Phi) is 26.3. The quantitative estimate of drug-likeness (QED) is 0.171. The van der Waals surface area contributed by atoms with Gasteiger partial charge in [0.2, 0.25) is 0 Å². The fourth-order valence-electron chi connectivity index (χ4n) is 7.06. The van der Waals surface area contributed by atoms with Crippen molar-refractivity contribution in [1.29, 1.82) is 0 Å². The van der Waals surface area contributed by atoms with Crippen molar-refractivity contribution in [3.05, 3.63) is 93.2 Å². The molecule has 4 rings (SSSR count). The second kappa shape index (κ2) is 24.8. The minimum Gasteiger partial charge on any atom is -1.00 e.